The van der Waals surface area contributed by atoms with Crippen LogP contribution in [0.15, 0.2) is 72.8 Å². The summed E-state index contributed by atoms with van der Waals surface area (Å²) in [5, 5.41) is 0. The molecule has 0 aromatic heterocycles. The summed E-state index contributed by atoms with van der Waals surface area (Å²) in [7, 11) is 1.35. The molecule has 2 rings (SSSR count). The molecule has 0 saturated heterocycles. The van der Waals surface area contributed by atoms with E-state index in [0.717, 1.165) is 5.56 Å². The van der Waals surface area contributed by atoms with Crippen LogP contribution in [0.5, 0.6) is 0 Å². The van der Waals surface area contributed by atoms with E-state index in [2.05, 4.69) is 4.74 Å². The van der Waals surface area contributed by atoms with Crippen molar-refractivity contribution in [3.8, 4) is 0 Å². The molecule has 3 nitrogen and oxygen atoms in total. The minimum absolute atomic E-state index is 0.000174. The van der Waals surface area contributed by atoms with Gasteiger partial charge in [-0.2, -0.15) is 0 Å². The molecule has 0 saturated carbocycles. The zero-order chi connectivity index (χ0) is 17.4. The number of carbonyl (C=O) groups excluding carboxylic acids is 2. The van der Waals surface area contributed by atoms with Crippen LogP contribution in [-0.2, 0) is 9.53 Å². The van der Waals surface area contributed by atoms with Gasteiger partial charge in [-0.1, -0.05) is 73.7 Å². The van der Waals surface area contributed by atoms with Crippen molar-refractivity contribution in [3.63, 3.8) is 0 Å². The van der Waals surface area contributed by atoms with E-state index >= 15 is 0 Å². The van der Waals surface area contributed by atoms with Gasteiger partial charge in [0.05, 0.1) is 7.11 Å². The molecule has 0 unspecified atom stereocenters. The first-order valence-corrected chi connectivity index (χ1v) is 8.01. The second-order valence-electron chi connectivity index (χ2n) is 5.75. The lowest BCUT2D eigenvalue weighted by molar-refractivity contribution is -0.134. The van der Waals surface area contributed by atoms with Gasteiger partial charge in [0.15, 0.2) is 5.78 Å². The predicted molar refractivity (Wildman–Crippen MR) is 94.9 cm³/mol. The molecular weight excluding hydrogens is 300 g/mol. The van der Waals surface area contributed by atoms with Crippen molar-refractivity contribution < 1.29 is 14.3 Å². The summed E-state index contributed by atoms with van der Waals surface area (Å²) in [5.74, 6) is -0.259. The minimum Gasteiger partial charge on any atom is -0.466 e. The number of rotatable bonds is 7. The Kier molecular flexibility index (Phi) is 6.50. The fraction of sp³-hybridized carbons (Fsp3) is 0.238. The average Bonchev–Trinajstić information content (AvgIpc) is 2.65. The number of allylic oxidation sites excluding steroid dienone is 1. The zero-order valence-electron chi connectivity index (χ0n) is 14.0. The highest BCUT2D eigenvalue weighted by Crippen LogP contribution is 2.30. The van der Waals surface area contributed by atoms with E-state index in [9.17, 15) is 9.59 Å². The largest absolute Gasteiger partial charge is 0.466 e. The van der Waals surface area contributed by atoms with Crippen LogP contribution in [0.4, 0.5) is 0 Å². The quantitative estimate of drug-likeness (QED) is 0.431. The normalized spacial score (nSPS) is 13.4. The molecule has 0 heterocycles. The SMILES string of the molecule is COC(=O)/C=C/[C@@H](C)[C@@H](CC(=O)c1ccccc1)c1ccccc1. The maximum Gasteiger partial charge on any atom is 0.330 e. The van der Waals surface area contributed by atoms with Crippen molar-refractivity contribution in [2.75, 3.05) is 7.11 Å². The standard InChI is InChI=1S/C21H22O3/c1-16(13-14-21(23)24-2)19(17-9-5-3-6-10-17)15-20(22)18-11-7-4-8-12-18/h3-14,16,19H,15H2,1-2H3/b14-13+/t16-,19-/m1/s1. The molecule has 0 aliphatic carbocycles. The third-order valence-corrected chi connectivity index (χ3v) is 4.10. The van der Waals surface area contributed by atoms with E-state index < -0.39 is 0 Å². The van der Waals surface area contributed by atoms with E-state index in [-0.39, 0.29) is 23.6 Å². The number of benzene rings is 2. The first kappa shape index (κ1) is 17.7. The van der Waals surface area contributed by atoms with Crippen molar-refractivity contribution in [1.29, 1.82) is 0 Å². The van der Waals surface area contributed by atoms with Crippen LogP contribution < -0.4 is 0 Å². The van der Waals surface area contributed by atoms with Gasteiger partial charge in [-0.05, 0) is 17.4 Å². The lowest BCUT2D eigenvalue weighted by Crippen LogP contribution is -2.14. The topological polar surface area (TPSA) is 43.4 Å². The summed E-state index contributed by atoms with van der Waals surface area (Å²) in [6.45, 7) is 2.01. The van der Waals surface area contributed by atoms with Gasteiger partial charge >= 0.3 is 5.97 Å². The van der Waals surface area contributed by atoms with E-state index in [1.807, 2.05) is 73.7 Å². The summed E-state index contributed by atoms with van der Waals surface area (Å²) in [6, 6.07) is 19.2. The first-order chi connectivity index (χ1) is 11.6. The van der Waals surface area contributed by atoms with Crippen molar-refractivity contribution in [2.45, 2.75) is 19.3 Å². The van der Waals surface area contributed by atoms with Crippen molar-refractivity contribution in [1.82, 2.24) is 0 Å². The molecule has 0 aliphatic heterocycles. The number of hydrogen-bond acceptors (Lipinski definition) is 3. The molecular formula is C21H22O3. The van der Waals surface area contributed by atoms with E-state index in [1.165, 1.54) is 13.2 Å². The van der Waals surface area contributed by atoms with Crippen molar-refractivity contribution in [3.05, 3.63) is 83.9 Å². The number of ketones is 1. The molecule has 0 spiro atoms. The molecule has 0 aliphatic rings. The Balaban J connectivity index is 2.22. The number of Topliss-reactive ketones (excluding diaryl/α,β-unsaturated/α-hetero) is 1. The van der Waals surface area contributed by atoms with Crippen molar-refractivity contribution in [2.24, 2.45) is 5.92 Å². The average molecular weight is 322 g/mol. The van der Waals surface area contributed by atoms with Crippen LogP contribution in [0.25, 0.3) is 0 Å². The van der Waals surface area contributed by atoms with Crippen molar-refractivity contribution >= 4 is 11.8 Å². The number of ether oxygens (including phenoxy) is 1. The number of esters is 1. The van der Waals surface area contributed by atoms with E-state index in [1.54, 1.807) is 0 Å². The Labute approximate surface area is 143 Å². The van der Waals surface area contributed by atoms with Gasteiger partial charge in [-0.15, -0.1) is 0 Å². The molecule has 0 N–H and O–H groups in total. The van der Waals surface area contributed by atoms with Crippen LogP contribution in [0.1, 0.15) is 35.2 Å². The summed E-state index contributed by atoms with van der Waals surface area (Å²) in [5.41, 5.74) is 1.80. The molecule has 3 heteroatoms. The fourth-order valence-electron chi connectivity index (χ4n) is 2.68. The minimum atomic E-state index is -0.386. The number of hydrogen-bond donors (Lipinski definition) is 0. The Morgan fingerprint density at radius 1 is 1.00 bits per heavy atom. The van der Waals surface area contributed by atoms with Gasteiger partial charge in [0, 0.05) is 18.1 Å². The molecule has 2 aromatic carbocycles. The second kappa shape index (κ2) is 8.82. The fourth-order valence-corrected chi connectivity index (χ4v) is 2.68. The van der Waals surface area contributed by atoms with Crippen LogP contribution in [0.3, 0.4) is 0 Å². The molecule has 0 amide bonds. The van der Waals surface area contributed by atoms with E-state index in [4.69, 9.17) is 0 Å². The van der Waals surface area contributed by atoms with Gasteiger partial charge in [-0.25, -0.2) is 4.79 Å². The Bertz CT molecular complexity index is 690. The smallest absolute Gasteiger partial charge is 0.330 e. The molecule has 0 fully saturated rings. The monoisotopic (exact) mass is 322 g/mol. The summed E-state index contributed by atoms with van der Waals surface area (Å²) >= 11 is 0. The number of carbonyl (C=O) groups is 2. The van der Waals surface area contributed by atoms with Crippen LogP contribution in [-0.4, -0.2) is 18.9 Å². The van der Waals surface area contributed by atoms with Gasteiger partial charge in [0.2, 0.25) is 0 Å². The van der Waals surface area contributed by atoms with Crippen LogP contribution >= 0.6 is 0 Å². The molecule has 2 aromatic rings. The summed E-state index contributed by atoms with van der Waals surface area (Å²) in [6.07, 6.45) is 3.62. The van der Waals surface area contributed by atoms with Gasteiger partial charge in [-0.3, -0.25) is 4.79 Å². The maximum absolute atomic E-state index is 12.6. The van der Waals surface area contributed by atoms with E-state index in [0.29, 0.717) is 12.0 Å². The van der Waals surface area contributed by atoms with Gasteiger partial charge in [0.1, 0.15) is 0 Å². The molecule has 0 bridgehead atoms. The third kappa shape index (κ3) is 4.92. The van der Waals surface area contributed by atoms with Gasteiger partial charge < -0.3 is 4.74 Å². The Morgan fingerprint density at radius 3 is 2.17 bits per heavy atom. The zero-order valence-corrected chi connectivity index (χ0v) is 14.0. The molecule has 24 heavy (non-hydrogen) atoms. The second-order valence-corrected chi connectivity index (χ2v) is 5.75. The predicted octanol–water partition coefficient (Wildman–Crippen LogP) is 4.41. The van der Waals surface area contributed by atoms with Crippen LogP contribution in [0, 0.1) is 5.92 Å². The lowest BCUT2D eigenvalue weighted by Gasteiger charge is -2.21. The highest BCUT2D eigenvalue weighted by atomic mass is 16.5. The molecule has 0 radical (unpaired) electrons. The Hall–Kier alpha value is -2.68. The number of methoxy groups -OCH3 is 1. The van der Waals surface area contributed by atoms with Crippen LogP contribution in [0.2, 0.25) is 0 Å². The third-order valence-electron chi connectivity index (χ3n) is 4.10. The first-order valence-electron chi connectivity index (χ1n) is 8.01. The maximum atomic E-state index is 12.6. The molecule has 124 valence electrons. The highest BCUT2D eigenvalue weighted by molar-refractivity contribution is 5.96. The Morgan fingerprint density at radius 2 is 1.58 bits per heavy atom. The molecule has 2 atom stereocenters. The summed E-state index contributed by atoms with van der Waals surface area (Å²) < 4.78 is 4.64. The lowest BCUT2D eigenvalue weighted by atomic mass is 9.82. The highest BCUT2D eigenvalue weighted by Gasteiger charge is 2.21. The van der Waals surface area contributed by atoms with Gasteiger partial charge in [0.25, 0.3) is 0 Å². The summed E-state index contributed by atoms with van der Waals surface area (Å²) in [4.78, 5) is 24.0.